The number of benzene rings is 2. The highest BCUT2D eigenvalue weighted by molar-refractivity contribution is 6.30. The highest BCUT2D eigenvalue weighted by Crippen LogP contribution is 2.17. The van der Waals surface area contributed by atoms with Gasteiger partial charge in [0.2, 0.25) is 0 Å². The zero-order valence-corrected chi connectivity index (χ0v) is 14.2. The van der Waals surface area contributed by atoms with E-state index >= 15 is 0 Å². The number of carbonyl (C=O) groups excluding carboxylic acids is 2. The first-order chi connectivity index (χ1) is 12.0. The minimum atomic E-state index is -0.962. The van der Waals surface area contributed by atoms with Gasteiger partial charge in [-0.15, -0.1) is 0 Å². The molecule has 0 saturated carbocycles. The van der Waals surface area contributed by atoms with Crippen LogP contribution in [-0.4, -0.2) is 23.0 Å². The number of hydrogen-bond donors (Lipinski definition) is 1. The van der Waals surface area contributed by atoms with E-state index in [0.29, 0.717) is 16.4 Å². The van der Waals surface area contributed by atoms with Gasteiger partial charge in [-0.1, -0.05) is 41.9 Å². The predicted molar refractivity (Wildman–Crippen MR) is 96.7 cm³/mol. The molecule has 0 saturated heterocycles. The molecule has 0 aliphatic heterocycles. The summed E-state index contributed by atoms with van der Waals surface area (Å²) in [7, 11) is 0. The molecule has 25 heavy (non-hydrogen) atoms. The topological polar surface area (TPSA) is 68.3 Å². The van der Waals surface area contributed by atoms with E-state index in [0.717, 1.165) is 10.8 Å². The Morgan fingerprint density at radius 2 is 1.84 bits per heavy atom. The molecule has 0 radical (unpaired) electrons. The lowest BCUT2D eigenvalue weighted by atomic mass is 10.1. The summed E-state index contributed by atoms with van der Waals surface area (Å²) in [5.74, 6) is -0.690. The van der Waals surface area contributed by atoms with Crippen LogP contribution in [-0.2, 0) is 9.53 Å². The number of nitrogens with zero attached hydrogens (tertiary/aromatic N) is 1. The van der Waals surface area contributed by atoms with E-state index in [-0.39, 0.29) is 0 Å². The van der Waals surface area contributed by atoms with Gasteiger partial charge >= 0.3 is 5.97 Å². The standard InChI is InChI=1S/C19H15ClN2O3/c1-12(18(23)22-17-9-8-16(20)11-21-17)25-19(24)15-7-6-13-4-2-3-5-14(13)10-15/h2-12H,1H3,(H,21,22,23)/t12-/m1/s1. The van der Waals surface area contributed by atoms with E-state index < -0.39 is 18.0 Å². The fourth-order valence-corrected chi connectivity index (χ4v) is 2.39. The van der Waals surface area contributed by atoms with Crippen molar-refractivity contribution in [1.82, 2.24) is 4.98 Å². The van der Waals surface area contributed by atoms with Gasteiger partial charge in [0.15, 0.2) is 6.10 Å². The van der Waals surface area contributed by atoms with Crippen LogP contribution < -0.4 is 5.32 Å². The van der Waals surface area contributed by atoms with Crippen molar-refractivity contribution in [1.29, 1.82) is 0 Å². The summed E-state index contributed by atoms with van der Waals surface area (Å²) in [5, 5.41) is 4.99. The van der Waals surface area contributed by atoms with Crippen LogP contribution in [0.5, 0.6) is 0 Å². The van der Waals surface area contributed by atoms with Gasteiger partial charge in [-0.2, -0.15) is 0 Å². The number of anilines is 1. The fraction of sp³-hybridized carbons (Fsp3) is 0.105. The van der Waals surface area contributed by atoms with Crippen molar-refractivity contribution >= 4 is 40.1 Å². The normalized spacial score (nSPS) is 11.8. The Morgan fingerprint density at radius 3 is 2.56 bits per heavy atom. The second-order valence-corrected chi connectivity index (χ2v) is 5.90. The average Bonchev–Trinajstić information content (AvgIpc) is 2.63. The molecule has 3 rings (SSSR count). The number of fused-ring (bicyclic) bond motifs is 1. The molecule has 2 aromatic carbocycles. The average molecular weight is 355 g/mol. The van der Waals surface area contributed by atoms with Crippen LogP contribution in [0.25, 0.3) is 10.8 Å². The molecule has 0 spiro atoms. The van der Waals surface area contributed by atoms with Gasteiger partial charge in [0.1, 0.15) is 5.82 Å². The number of ether oxygens (including phenoxy) is 1. The van der Waals surface area contributed by atoms with Crippen molar-refractivity contribution in [3.8, 4) is 0 Å². The molecule has 1 heterocycles. The Morgan fingerprint density at radius 1 is 1.08 bits per heavy atom. The highest BCUT2D eigenvalue weighted by atomic mass is 35.5. The molecule has 0 fully saturated rings. The van der Waals surface area contributed by atoms with E-state index in [4.69, 9.17) is 16.3 Å². The Hall–Kier alpha value is -2.92. The zero-order chi connectivity index (χ0) is 17.8. The Balaban J connectivity index is 1.66. The summed E-state index contributed by atoms with van der Waals surface area (Å²) in [6, 6.07) is 16.1. The molecule has 5 nitrogen and oxygen atoms in total. The number of nitrogens with one attached hydrogen (secondary N) is 1. The zero-order valence-electron chi connectivity index (χ0n) is 13.4. The van der Waals surface area contributed by atoms with Crippen LogP contribution in [0.2, 0.25) is 5.02 Å². The van der Waals surface area contributed by atoms with Crippen molar-refractivity contribution in [3.05, 3.63) is 71.4 Å². The number of halogens is 1. The van der Waals surface area contributed by atoms with Crippen LogP contribution in [0.4, 0.5) is 5.82 Å². The fourth-order valence-electron chi connectivity index (χ4n) is 2.28. The van der Waals surface area contributed by atoms with Gasteiger partial charge in [0.25, 0.3) is 5.91 Å². The monoisotopic (exact) mass is 354 g/mol. The lowest BCUT2D eigenvalue weighted by Gasteiger charge is -2.13. The minimum absolute atomic E-state index is 0.336. The quantitative estimate of drug-likeness (QED) is 0.717. The second kappa shape index (κ2) is 7.32. The van der Waals surface area contributed by atoms with Crippen molar-refractivity contribution in [2.45, 2.75) is 13.0 Å². The smallest absolute Gasteiger partial charge is 0.338 e. The van der Waals surface area contributed by atoms with Crippen LogP contribution in [0, 0.1) is 0 Å². The van der Waals surface area contributed by atoms with E-state index in [1.165, 1.54) is 13.1 Å². The van der Waals surface area contributed by atoms with E-state index in [2.05, 4.69) is 10.3 Å². The van der Waals surface area contributed by atoms with Gasteiger partial charge in [-0.05, 0) is 42.0 Å². The highest BCUT2D eigenvalue weighted by Gasteiger charge is 2.19. The van der Waals surface area contributed by atoms with E-state index in [1.807, 2.05) is 30.3 Å². The molecule has 0 bridgehead atoms. The first-order valence-corrected chi connectivity index (χ1v) is 8.03. The molecule has 6 heteroatoms. The third-order valence-electron chi connectivity index (χ3n) is 3.62. The number of hydrogen-bond acceptors (Lipinski definition) is 4. The third kappa shape index (κ3) is 4.14. The van der Waals surface area contributed by atoms with Gasteiger partial charge in [-0.3, -0.25) is 4.79 Å². The van der Waals surface area contributed by atoms with Gasteiger partial charge in [0.05, 0.1) is 10.6 Å². The maximum atomic E-state index is 12.3. The van der Waals surface area contributed by atoms with Crippen molar-refractivity contribution in [2.75, 3.05) is 5.32 Å². The first kappa shape index (κ1) is 16.9. The van der Waals surface area contributed by atoms with E-state index in [9.17, 15) is 9.59 Å². The van der Waals surface area contributed by atoms with E-state index in [1.54, 1.807) is 24.3 Å². The third-order valence-corrected chi connectivity index (χ3v) is 3.84. The number of esters is 1. The predicted octanol–water partition coefficient (Wildman–Crippen LogP) is 4.07. The molecule has 3 aromatic rings. The maximum Gasteiger partial charge on any atom is 0.338 e. The molecule has 0 unspecified atom stereocenters. The first-order valence-electron chi connectivity index (χ1n) is 7.65. The van der Waals surface area contributed by atoms with Crippen molar-refractivity contribution in [3.63, 3.8) is 0 Å². The van der Waals surface area contributed by atoms with Gasteiger partial charge < -0.3 is 10.1 Å². The molecule has 1 amide bonds. The van der Waals surface area contributed by atoms with Crippen LogP contribution >= 0.6 is 11.6 Å². The molecule has 126 valence electrons. The summed E-state index contributed by atoms with van der Waals surface area (Å²) in [4.78, 5) is 28.3. The molecular formula is C19H15ClN2O3. The lowest BCUT2D eigenvalue weighted by Crippen LogP contribution is -2.30. The number of carbonyl (C=O) groups is 2. The molecule has 0 aliphatic rings. The summed E-state index contributed by atoms with van der Waals surface area (Å²) in [6.07, 6.45) is 0.458. The lowest BCUT2D eigenvalue weighted by molar-refractivity contribution is -0.123. The minimum Gasteiger partial charge on any atom is -0.449 e. The molecule has 1 aromatic heterocycles. The van der Waals surface area contributed by atoms with Gasteiger partial charge in [0, 0.05) is 6.20 Å². The SMILES string of the molecule is C[C@@H](OC(=O)c1ccc2ccccc2c1)C(=O)Nc1ccc(Cl)cn1. The number of pyridine rings is 1. The molecular weight excluding hydrogens is 340 g/mol. The largest absolute Gasteiger partial charge is 0.449 e. The Labute approximate surface area is 149 Å². The summed E-state index contributed by atoms with van der Waals surface area (Å²) >= 11 is 5.74. The Bertz CT molecular complexity index is 925. The second-order valence-electron chi connectivity index (χ2n) is 5.46. The van der Waals surface area contributed by atoms with Crippen LogP contribution in [0.15, 0.2) is 60.8 Å². The van der Waals surface area contributed by atoms with Gasteiger partial charge in [-0.25, -0.2) is 9.78 Å². The van der Waals surface area contributed by atoms with Crippen molar-refractivity contribution < 1.29 is 14.3 Å². The summed E-state index contributed by atoms with van der Waals surface area (Å²) in [5.41, 5.74) is 0.392. The Kier molecular flexibility index (Phi) is 4.95. The summed E-state index contributed by atoms with van der Waals surface area (Å²) in [6.45, 7) is 1.50. The maximum absolute atomic E-state index is 12.3. The number of amides is 1. The van der Waals surface area contributed by atoms with Crippen molar-refractivity contribution in [2.24, 2.45) is 0 Å². The summed E-state index contributed by atoms with van der Waals surface area (Å²) < 4.78 is 5.24. The van der Waals surface area contributed by atoms with Crippen LogP contribution in [0.1, 0.15) is 17.3 Å². The molecule has 1 atom stereocenters. The van der Waals surface area contributed by atoms with Crippen LogP contribution in [0.3, 0.4) is 0 Å². The molecule has 0 aliphatic carbocycles. The number of rotatable bonds is 4. The molecule has 1 N–H and O–H groups in total. The number of aromatic nitrogens is 1.